The quantitative estimate of drug-likeness (QED) is 0.830. The number of carbonyl (C=O) groups excluding carboxylic acids is 2. The summed E-state index contributed by atoms with van der Waals surface area (Å²) in [4.78, 5) is 23.6. The van der Waals surface area contributed by atoms with Crippen molar-refractivity contribution in [1.29, 1.82) is 0 Å². The van der Waals surface area contributed by atoms with Gasteiger partial charge in [0.05, 0.1) is 6.61 Å². The first-order valence-electron chi connectivity index (χ1n) is 7.66. The van der Waals surface area contributed by atoms with Crippen LogP contribution in [-0.2, 0) is 11.2 Å². The van der Waals surface area contributed by atoms with Gasteiger partial charge < -0.3 is 15.4 Å². The fourth-order valence-electron chi connectivity index (χ4n) is 2.98. The minimum atomic E-state index is -0.163. The summed E-state index contributed by atoms with van der Waals surface area (Å²) in [5.74, 6) is 0.605. The molecular formula is C17H20N2O3. The van der Waals surface area contributed by atoms with E-state index in [0.717, 1.165) is 37.0 Å². The van der Waals surface area contributed by atoms with Crippen molar-refractivity contribution < 1.29 is 14.3 Å². The lowest BCUT2D eigenvalue weighted by Gasteiger charge is -2.36. The Hall–Kier alpha value is -2.30. The topological polar surface area (TPSA) is 67.4 Å². The number of hydrogen-bond acceptors (Lipinski definition) is 3. The van der Waals surface area contributed by atoms with E-state index in [-0.39, 0.29) is 23.9 Å². The van der Waals surface area contributed by atoms with Crippen molar-refractivity contribution in [3.05, 3.63) is 42.0 Å². The highest BCUT2D eigenvalue weighted by Crippen LogP contribution is 2.28. The van der Waals surface area contributed by atoms with E-state index in [1.54, 1.807) is 0 Å². The maximum absolute atomic E-state index is 12.4. The zero-order chi connectivity index (χ0) is 15.5. The molecule has 3 rings (SSSR count). The smallest absolute Gasteiger partial charge is 0.251 e. The highest BCUT2D eigenvalue weighted by molar-refractivity contribution is 5.96. The van der Waals surface area contributed by atoms with E-state index >= 15 is 0 Å². The summed E-state index contributed by atoms with van der Waals surface area (Å²) < 4.78 is 5.60. The summed E-state index contributed by atoms with van der Waals surface area (Å²) in [6.45, 7) is 4.14. The maximum atomic E-state index is 12.4. The molecule has 5 nitrogen and oxygen atoms in total. The summed E-state index contributed by atoms with van der Waals surface area (Å²) in [6, 6.07) is 5.85. The van der Waals surface area contributed by atoms with Crippen LogP contribution in [0.15, 0.2) is 30.9 Å². The molecule has 0 atom stereocenters. The Morgan fingerprint density at radius 1 is 1.23 bits per heavy atom. The average molecular weight is 300 g/mol. The van der Waals surface area contributed by atoms with Crippen LogP contribution >= 0.6 is 0 Å². The molecule has 0 bridgehead atoms. The summed E-state index contributed by atoms with van der Waals surface area (Å²) >= 11 is 0. The minimum Gasteiger partial charge on any atom is -0.493 e. The molecule has 2 aliphatic rings. The fraction of sp³-hybridized carbons (Fsp3) is 0.412. The van der Waals surface area contributed by atoms with Gasteiger partial charge in [-0.3, -0.25) is 9.59 Å². The fourth-order valence-corrected chi connectivity index (χ4v) is 2.98. The van der Waals surface area contributed by atoms with Crippen molar-refractivity contribution in [2.45, 2.75) is 37.8 Å². The maximum Gasteiger partial charge on any atom is 0.251 e. The lowest BCUT2D eigenvalue weighted by Crippen LogP contribution is -2.53. The molecule has 0 radical (unpaired) electrons. The second-order valence-electron chi connectivity index (χ2n) is 5.79. The van der Waals surface area contributed by atoms with Gasteiger partial charge in [-0.1, -0.05) is 12.6 Å². The summed E-state index contributed by atoms with van der Waals surface area (Å²) in [7, 11) is 0. The van der Waals surface area contributed by atoms with Gasteiger partial charge in [0.15, 0.2) is 0 Å². The van der Waals surface area contributed by atoms with Crippen molar-refractivity contribution in [3.8, 4) is 5.75 Å². The van der Waals surface area contributed by atoms with E-state index in [1.165, 1.54) is 6.08 Å². The van der Waals surface area contributed by atoms with Crippen LogP contribution in [0.2, 0.25) is 0 Å². The van der Waals surface area contributed by atoms with Gasteiger partial charge in [0.25, 0.3) is 5.91 Å². The lowest BCUT2D eigenvalue weighted by atomic mass is 9.86. The average Bonchev–Trinajstić information content (AvgIpc) is 2.51. The van der Waals surface area contributed by atoms with Crippen molar-refractivity contribution in [1.82, 2.24) is 10.6 Å². The van der Waals surface area contributed by atoms with Crippen LogP contribution in [0.1, 0.15) is 35.2 Å². The van der Waals surface area contributed by atoms with Gasteiger partial charge in [-0.2, -0.15) is 0 Å². The molecule has 5 heteroatoms. The van der Waals surface area contributed by atoms with Crippen molar-refractivity contribution >= 4 is 11.8 Å². The first-order valence-corrected chi connectivity index (χ1v) is 7.66. The Kier molecular flexibility index (Phi) is 4.13. The summed E-state index contributed by atoms with van der Waals surface area (Å²) in [5, 5.41) is 5.86. The number of benzene rings is 1. The van der Waals surface area contributed by atoms with E-state index in [9.17, 15) is 9.59 Å². The first kappa shape index (κ1) is 14.6. The third kappa shape index (κ3) is 2.98. The molecule has 0 unspecified atom stereocenters. The number of fused-ring (bicyclic) bond motifs is 1. The van der Waals surface area contributed by atoms with Gasteiger partial charge in [0.1, 0.15) is 5.75 Å². The number of hydrogen-bond donors (Lipinski definition) is 2. The molecule has 1 aromatic carbocycles. The summed E-state index contributed by atoms with van der Waals surface area (Å²) in [5.41, 5.74) is 1.71. The Bertz CT molecular complexity index is 606. The molecule has 1 saturated carbocycles. The zero-order valence-electron chi connectivity index (χ0n) is 12.4. The first-order chi connectivity index (χ1) is 10.7. The Balaban J connectivity index is 1.58. The van der Waals surface area contributed by atoms with Crippen molar-refractivity contribution in [2.24, 2.45) is 0 Å². The molecular weight excluding hydrogens is 280 g/mol. The highest BCUT2D eigenvalue weighted by Gasteiger charge is 2.31. The number of ether oxygens (including phenoxy) is 1. The number of nitrogens with one attached hydrogen (secondary N) is 2. The molecule has 116 valence electrons. The van der Waals surface area contributed by atoms with Gasteiger partial charge in [-0.05, 0) is 43.9 Å². The SMILES string of the molecule is C=CC(=O)NC1CC(NC(=O)c2cccc3c2CCCO3)C1. The minimum absolute atomic E-state index is 0.0548. The number of carbonyl (C=O) groups is 2. The van der Waals surface area contributed by atoms with E-state index in [0.29, 0.717) is 12.2 Å². The van der Waals surface area contributed by atoms with Crippen LogP contribution in [0.3, 0.4) is 0 Å². The normalized spacial score (nSPS) is 22.5. The predicted molar refractivity (Wildman–Crippen MR) is 82.9 cm³/mol. The molecule has 2 N–H and O–H groups in total. The standard InChI is InChI=1S/C17H20N2O3/c1-2-16(20)18-11-9-12(10-11)19-17(21)14-5-3-7-15-13(14)6-4-8-22-15/h2-3,5,7,11-12H,1,4,6,8-10H2,(H,18,20)(H,19,21). The third-order valence-corrected chi connectivity index (χ3v) is 4.21. The molecule has 2 amide bonds. The van der Waals surface area contributed by atoms with E-state index in [4.69, 9.17) is 4.74 Å². The molecule has 1 heterocycles. The van der Waals surface area contributed by atoms with Crippen molar-refractivity contribution in [2.75, 3.05) is 6.61 Å². The van der Waals surface area contributed by atoms with Crippen LogP contribution in [0, 0.1) is 0 Å². The van der Waals surface area contributed by atoms with Gasteiger partial charge in [0, 0.05) is 23.2 Å². The van der Waals surface area contributed by atoms with E-state index in [2.05, 4.69) is 17.2 Å². The van der Waals surface area contributed by atoms with Crippen LogP contribution in [-0.4, -0.2) is 30.5 Å². The molecule has 22 heavy (non-hydrogen) atoms. The molecule has 0 saturated heterocycles. The van der Waals surface area contributed by atoms with Crippen LogP contribution in [0.25, 0.3) is 0 Å². The van der Waals surface area contributed by atoms with Gasteiger partial charge in [-0.15, -0.1) is 0 Å². The lowest BCUT2D eigenvalue weighted by molar-refractivity contribution is -0.117. The summed E-state index contributed by atoms with van der Waals surface area (Å²) in [6.07, 6.45) is 4.61. The molecule has 1 aliphatic heterocycles. The van der Waals surface area contributed by atoms with E-state index < -0.39 is 0 Å². The molecule has 1 aliphatic carbocycles. The Morgan fingerprint density at radius 2 is 2.00 bits per heavy atom. The Morgan fingerprint density at radius 3 is 2.77 bits per heavy atom. The monoisotopic (exact) mass is 300 g/mol. The predicted octanol–water partition coefficient (Wildman–Crippen LogP) is 1.57. The van der Waals surface area contributed by atoms with Crippen molar-refractivity contribution in [3.63, 3.8) is 0 Å². The van der Waals surface area contributed by atoms with E-state index in [1.807, 2.05) is 18.2 Å². The number of rotatable bonds is 4. The second kappa shape index (κ2) is 6.22. The van der Waals surface area contributed by atoms with Crippen LogP contribution < -0.4 is 15.4 Å². The number of amides is 2. The molecule has 0 spiro atoms. The highest BCUT2D eigenvalue weighted by atomic mass is 16.5. The van der Waals surface area contributed by atoms with Gasteiger partial charge in [-0.25, -0.2) is 0 Å². The zero-order valence-corrected chi connectivity index (χ0v) is 12.4. The molecule has 0 aromatic heterocycles. The third-order valence-electron chi connectivity index (χ3n) is 4.21. The largest absolute Gasteiger partial charge is 0.493 e. The van der Waals surface area contributed by atoms with Crippen LogP contribution in [0.4, 0.5) is 0 Å². The second-order valence-corrected chi connectivity index (χ2v) is 5.79. The molecule has 1 aromatic rings. The molecule has 1 fully saturated rings. The van der Waals surface area contributed by atoms with Crippen LogP contribution in [0.5, 0.6) is 5.75 Å². The van der Waals surface area contributed by atoms with Gasteiger partial charge in [0.2, 0.25) is 5.91 Å². The van der Waals surface area contributed by atoms with Gasteiger partial charge >= 0.3 is 0 Å². The Labute approximate surface area is 129 Å².